The molecule has 1 heterocycles. The highest BCUT2D eigenvalue weighted by molar-refractivity contribution is 7.94. The van der Waals surface area contributed by atoms with Crippen molar-refractivity contribution in [2.45, 2.75) is 11.1 Å². The second-order valence-electron chi connectivity index (χ2n) is 3.58. The molecule has 1 aromatic heterocycles. The molecule has 0 aliphatic rings. The molecule has 0 saturated heterocycles. The van der Waals surface area contributed by atoms with Gasteiger partial charge in [0.15, 0.2) is 4.21 Å². The van der Waals surface area contributed by atoms with Gasteiger partial charge in [0.2, 0.25) is 0 Å². The quantitative estimate of drug-likeness (QED) is 0.739. The first kappa shape index (κ1) is 12.7. The van der Waals surface area contributed by atoms with Crippen molar-refractivity contribution in [3.05, 3.63) is 39.6 Å². The van der Waals surface area contributed by atoms with Gasteiger partial charge in [-0.2, -0.15) is 0 Å². The van der Waals surface area contributed by atoms with Gasteiger partial charge in [-0.3, -0.25) is 9.52 Å². The number of benzene rings is 1. The van der Waals surface area contributed by atoms with Gasteiger partial charge in [0, 0.05) is 11.4 Å². The predicted octanol–water partition coefficient (Wildman–Crippen LogP) is 1.25. The minimum atomic E-state index is -3.78. The van der Waals surface area contributed by atoms with E-state index in [1.807, 2.05) is 0 Å². The van der Waals surface area contributed by atoms with Crippen LogP contribution >= 0.6 is 11.3 Å². The Morgan fingerprint density at radius 2 is 1.89 bits per heavy atom. The summed E-state index contributed by atoms with van der Waals surface area (Å²) in [6.45, 7) is 1.52. The molecule has 0 amide bonds. The number of aromatic amines is 1. The van der Waals surface area contributed by atoms with Crippen LogP contribution in [0.4, 0.5) is 5.69 Å². The monoisotopic (exact) mass is 286 g/mol. The van der Waals surface area contributed by atoms with Crippen LogP contribution in [0.1, 0.15) is 5.69 Å². The van der Waals surface area contributed by atoms with Gasteiger partial charge in [-0.25, -0.2) is 8.42 Å². The molecule has 0 bridgehead atoms. The van der Waals surface area contributed by atoms with Gasteiger partial charge in [-0.05, 0) is 31.2 Å². The summed E-state index contributed by atoms with van der Waals surface area (Å²) >= 11 is 0.633. The fraction of sp³-hybridized carbons (Fsp3) is 0.100. The number of H-pyrrole nitrogens is 1. The molecule has 0 saturated carbocycles. The van der Waals surface area contributed by atoms with E-state index in [0.717, 1.165) is 0 Å². The Morgan fingerprint density at radius 1 is 1.28 bits per heavy atom. The van der Waals surface area contributed by atoms with Crippen LogP contribution in [0.25, 0.3) is 0 Å². The SMILES string of the molecule is Cc1[nH]c(=O)sc1S(=O)(=O)Nc1ccc(O)cc1. The van der Waals surface area contributed by atoms with Gasteiger partial charge in [0.25, 0.3) is 10.0 Å². The minimum absolute atomic E-state index is 0.0411. The molecule has 0 radical (unpaired) electrons. The molecule has 8 heteroatoms. The lowest BCUT2D eigenvalue weighted by Gasteiger charge is -2.06. The smallest absolute Gasteiger partial charge is 0.306 e. The molecular weight excluding hydrogens is 276 g/mol. The highest BCUT2D eigenvalue weighted by Crippen LogP contribution is 2.21. The third-order valence-electron chi connectivity index (χ3n) is 2.14. The first-order valence-corrected chi connectivity index (χ1v) is 7.20. The fourth-order valence-corrected chi connectivity index (χ4v) is 3.74. The van der Waals surface area contributed by atoms with Gasteiger partial charge in [-0.15, -0.1) is 0 Å². The minimum Gasteiger partial charge on any atom is -0.508 e. The molecular formula is C10H10N2O4S2. The first-order chi connectivity index (χ1) is 8.38. The van der Waals surface area contributed by atoms with Crippen molar-refractivity contribution in [1.29, 1.82) is 0 Å². The topological polar surface area (TPSA) is 99.3 Å². The second kappa shape index (κ2) is 4.46. The Hall–Kier alpha value is -1.80. The number of hydrogen-bond acceptors (Lipinski definition) is 5. The number of rotatable bonds is 3. The van der Waals surface area contributed by atoms with Crippen molar-refractivity contribution in [2.24, 2.45) is 0 Å². The molecule has 2 aromatic rings. The molecule has 1 aromatic carbocycles. The zero-order chi connectivity index (χ0) is 13.3. The molecule has 3 N–H and O–H groups in total. The van der Waals surface area contributed by atoms with E-state index in [1.165, 1.54) is 31.2 Å². The van der Waals surface area contributed by atoms with Crippen molar-refractivity contribution in [3.8, 4) is 5.75 Å². The molecule has 0 unspecified atom stereocenters. The van der Waals surface area contributed by atoms with Crippen LogP contribution in [0.3, 0.4) is 0 Å². The molecule has 0 atom stereocenters. The van der Waals surface area contributed by atoms with E-state index in [-0.39, 0.29) is 9.96 Å². The van der Waals surface area contributed by atoms with E-state index < -0.39 is 14.9 Å². The van der Waals surface area contributed by atoms with Crippen molar-refractivity contribution in [1.82, 2.24) is 4.98 Å². The standard InChI is InChI=1S/C10H10N2O4S2/c1-6-9(17-10(14)11-6)18(15,16)12-7-2-4-8(13)5-3-7/h2-5,12-13H,1H3,(H,11,14). The second-order valence-corrected chi connectivity index (χ2v) is 6.44. The summed E-state index contributed by atoms with van der Waals surface area (Å²) in [5.74, 6) is 0.0421. The molecule has 18 heavy (non-hydrogen) atoms. The van der Waals surface area contributed by atoms with E-state index in [0.29, 0.717) is 22.7 Å². The lowest BCUT2D eigenvalue weighted by atomic mass is 10.3. The number of thiazole rings is 1. The van der Waals surface area contributed by atoms with Crippen LogP contribution in [0, 0.1) is 6.92 Å². The van der Waals surface area contributed by atoms with E-state index >= 15 is 0 Å². The summed E-state index contributed by atoms with van der Waals surface area (Å²) < 4.78 is 26.3. The number of aryl methyl sites for hydroxylation is 1. The van der Waals surface area contributed by atoms with Crippen molar-refractivity contribution in [2.75, 3.05) is 4.72 Å². The number of phenolic OH excluding ortho intramolecular Hbond substituents is 1. The van der Waals surface area contributed by atoms with Crippen molar-refractivity contribution < 1.29 is 13.5 Å². The Labute approximate surface area is 107 Å². The van der Waals surface area contributed by atoms with Gasteiger partial charge in [0.1, 0.15) is 5.75 Å². The van der Waals surface area contributed by atoms with Gasteiger partial charge in [0.05, 0.1) is 0 Å². The van der Waals surface area contributed by atoms with Crippen molar-refractivity contribution in [3.63, 3.8) is 0 Å². The van der Waals surface area contributed by atoms with Crippen LogP contribution in [0.5, 0.6) is 5.75 Å². The summed E-state index contributed by atoms with van der Waals surface area (Å²) in [6, 6.07) is 5.59. The van der Waals surface area contributed by atoms with E-state index in [1.54, 1.807) is 0 Å². The molecule has 2 rings (SSSR count). The van der Waals surface area contributed by atoms with Crippen LogP contribution < -0.4 is 9.60 Å². The summed E-state index contributed by atoms with van der Waals surface area (Å²) in [4.78, 5) is 13.1. The van der Waals surface area contributed by atoms with Crippen LogP contribution in [-0.2, 0) is 10.0 Å². The Morgan fingerprint density at radius 3 is 2.39 bits per heavy atom. The zero-order valence-electron chi connectivity index (χ0n) is 9.30. The average Bonchev–Trinajstić information content (AvgIpc) is 2.62. The predicted molar refractivity (Wildman–Crippen MR) is 68.6 cm³/mol. The summed E-state index contributed by atoms with van der Waals surface area (Å²) in [7, 11) is -3.78. The number of anilines is 1. The Bertz CT molecular complexity index is 713. The van der Waals surface area contributed by atoms with Crippen molar-refractivity contribution >= 4 is 27.0 Å². The molecule has 0 fully saturated rings. The summed E-state index contributed by atoms with van der Waals surface area (Å²) in [5, 5.41) is 9.10. The molecule has 0 aliphatic heterocycles. The van der Waals surface area contributed by atoms with E-state index in [9.17, 15) is 13.2 Å². The maximum Gasteiger partial charge on any atom is 0.306 e. The summed E-state index contributed by atoms with van der Waals surface area (Å²) in [6.07, 6.45) is 0. The third kappa shape index (κ3) is 2.54. The number of sulfonamides is 1. The van der Waals surface area contributed by atoms with Gasteiger partial charge < -0.3 is 10.1 Å². The molecule has 0 aliphatic carbocycles. The lowest BCUT2D eigenvalue weighted by Crippen LogP contribution is -2.12. The normalized spacial score (nSPS) is 11.4. The lowest BCUT2D eigenvalue weighted by molar-refractivity contribution is 0.475. The van der Waals surface area contributed by atoms with Crippen LogP contribution in [0.2, 0.25) is 0 Å². The largest absolute Gasteiger partial charge is 0.508 e. The highest BCUT2D eigenvalue weighted by Gasteiger charge is 2.20. The first-order valence-electron chi connectivity index (χ1n) is 4.90. The molecule has 6 nitrogen and oxygen atoms in total. The molecule has 96 valence electrons. The Balaban J connectivity index is 2.36. The van der Waals surface area contributed by atoms with Gasteiger partial charge in [-0.1, -0.05) is 11.3 Å². The van der Waals surface area contributed by atoms with E-state index in [4.69, 9.17) is 5.11 Å². The number of phenols is 1. The summed E-state index contributed by atoms with van der Waals surface area (Å²) in [5.41, 5.74) is 0.615. The maximum absolute atomic E-state index is 12.0. The third-order valence-corrected chi connectivity index (χ3v) is 5.13. The zero-order valence-corrected chi connectivity index (χ0v) is 10.9. The average molecular weight is 286 g/mol. The Kier molecular flexibility index (Phi) is 3.14. The number of aromatic nitrogens is 1. The number of aromatic hydroxyl groups is 1. The number of nitrogens with one attached hydrogen (secondary N) is 2. The van der Waals surface area contributed by atoms with Crippen LogP contribution in [-0.4, -0.2) is 18.5 Å². The number of hydrogen-bond donors (Lipinski definition) is 3. The van der Waals surface area contributed by atoms with E-state index in [2.05, 4.69) is 9.71 Å². The maximum atomic E-state index is 12.0. The van der Waals surface area contributed by atoms with Gasteiger partial charge >= 0.3 is 4.87 Å². The molecule has 0 spiro atoms. The fourth-order valence-electron chi connectivity index (χ4n) is 1.38. The highest BCUT2D eigenvalue weighted by atomic mass is 32.2. The van der Waals surface area contributed by atoms with Crippen LogP contribution in [0.15, 0.2) is 33.3 Å².